The molecule has 1 aliphatic rings. The van der Waals surface area contributed by atoms with E-state index in [1.165, 1.54) is 17.7 Å². The summed E-state index contributed by atoms with van der Waals surface area (Å²) in [4.78, 5) is 18.4. The number of fused-ring (bicyclic) bond motifs is 3. The highest BCUT2D eigenvalue weighted by atomic mass is 19.1. The maximum Gasteiger partial charge on any atom is 0.318 e. The van der Waals surface area contributed by atoms with Gasteiger partial charge in [0.05, 0.1) is 13.2 Å². The number of urea groups is 1. The Morgan fingerprint density at radius 1 is 1.26 bits per heavy atom. The maximum atomic E-state index is 13.6. The highest BCUT2D eigenvalue weighted by Gasteiger charge is 2.34. The third kappa shape index (κ3) is 4.37. The van der Waals surface area contributed by atoms with Crippen molar-refractivity contribution in [3.8, 4) is 5.75 Å². The van der Waals surface area contributed by atoms with Crippen molar-refractivity contribution in [1.29, 1.82) is 0 Å². The number of benzene rings is 2. The predicted molar refractivity (Wildman–Crippen MR) is 118 cm³/mol. The topological polar surface area (TPSA) is 66.6 Å². The van der Waals surface area contributed by atoms with Gasteiger partial charge in [0.25, 0.3) is 0 Å². The van der Waals surface area contributed by atoms with Crippen molar-refractivity contribution in [3.63, 3.8) is 0 Å². The number of hydrogen-bond acceptors (Lipinski definition) is 3. The van der Waals surface area contributed by atoms with Crippen LogP contribution in [0.5, 0.6) is 5.75 Å². The van der Waals surface area contributed by atoms with E-state index in [0.29, 0.717) is 26.3 Å². The summed E-state index contributed by atoms with van der Waals surface area (Å²) in [6.07, 6.45) is 1.48. The van der Waals surface area contributed by atoms with Crippen LogP contribution in [0.2, 0.25) is 0 Å². The fourth-order valence-electron chi connectivity index (χ4n) is 4.22. The molecule has 31 heavy (non-hydrogen) atoms. The molecular formula is C24H28FN3O3. The number of carbonyl (C=O) groups excluding carboxylic acids is 1. The Morgan fingerprint density at radius 2 is 2.06 bits per heavy atom. The number of rotatable bonds is 7. The van der Waals surface area contributed by atoms with Crippen LogP contribution in [0.4, 0.5) is 9.18 Å². The molecule has 1 aliphatic heterocycles. The maximum absolute atomic E-state index is 13.6. The van der Waals surface area contributed by atoms with Gasteiger partial charge in [0.2, 0.25) is 0 Å². The fraction of sp³-hybridized carbons (Fsp3) is 0.375. The van der Waals surface area contributed by atoms with Crippen LogP contribution in [0.15, 0.2) is 42.5 Å². The van der Waals surface area contributed by atoms with Gasteiger partial charge in [0.1, 0.15) is 11.6 Å². The van der Waals surface area contributed by atoms with Crippen LogP contribution < -0.4 is 10.1 Å². The molecule has 1 atom stereocenters. The predicted octanol–water partition coefficient (Wildman–Crippen LogP) is 4.40. The summed E-state index contributed by atoms with van der Waals surface area (Å²) in [6, 6.07) is 11.8. The van der Waals surface area contributed by atoms with Gasteiger partial charge < -0.3 is 24.7 Å². The van der Waals surface area contributed by atoms with Crippen molar-refractivity contribution < 1.29 is 18.7 Å². The summed E-state index contributed by atoms with van der Waals surface area (Å²) >= 11 is 0. The number of H-pyrrole nitrogens is 1. The zero-order chi connectivity index (χ0) is 21.8. The van der Waals surface area contributed by atoms with Gasteiger partial charge in [-0.15, -0.1) is 0 Å². The first-order valence-corrected chi connectivity index (χ1v) is 10.7. The monoisotopic (exact) mass is 425 g/mol. The lowest BCUT2D eigenvalue weighted by atomic mass is 9.92. The number of nitrogens with one attached hydrogen (secondary N) is 2. The highest BCUT2D eigenvalue weighted by molar-refractivity contribution is 5.87. The van der Waals surface area contributed by atoms with Gasteiger partial charge in [0, 0.05) is 42.9 Å². The van der Waals surface area contributed by atoms with E-state index in [2.05, 4.69) is 10.3 Å². The lowest BCUT2D eigenvalue weighted by Gasteiger charge is -2.36. The summed E-state index contributed by atoms with van der Waals surface area (Å²) in [7, 11) is 1.65. The Morgan fingerprint density at radius 3 is 2.81 bits per heavy atom. The molecule has 4 rings (SSSR count). The molecule has 0 saturated carbocycles. The van der Waals surface area contributed by atoms with Crippen molar-refractivity contribution in [2.24, 2.45) is 0 Å². The first-order chi connectivity index (χ1) is 15.1. The molecule has 2 aromatic carbocycles. The molecule has 0 fully saturated rings. The molecule has 0 aliphatic carbocycles. The second kappa shape index (κ2) is 9.39. The fourth-order valence-corrected chi connectivity index (χ4v) is 4.22. The van der Waals surface area contributed by atoms with Crippen LogP contribution in [-0.2, 0) is 11.2 Å². The lowest BCUT2D eigenvalue weighted by molar-refractivity contribution is 0.143. The van der Waals surface area contributed by atoms with E-state index in [0.717, 1.165) is 40.8 Å². The van der Waals surface area contributed by atoms with E-state index >= 15 is 0 Å². The molecule has 1 aromatic heterocycles. The Balaban J connectivity index is 1.67. The zero-order valence-electron chi connectivity index (χ0n) is 17.9. The number of hydrogen-bond donors (Lipinski definition) is 2. The number of aromatic nitrogens is 1. The molecule has 3 aromatic rings. The van der Waals surface area contributed by atoms with Gasteiger partial charge in [0.15, 0.2) is 0 Å². The average Bonchev–Trinajstić information content (AvgIpc) is 3.16. The first kappa shape index (κ1) is 21.2. The Hall–Kier alpha value is -3.06. The van der Waals surface area contributed by atoms with E-state index in [1.807, 2.05) is 30.0 Å². The van der Waals surface area contributed by atoms with Gasteiger partial charge >= 0.3 is 6.03 Å². The summed E-state index contributed by atoms with van der Waals surface area (Å²) in [5, 5.41) is 4.10. The largest absolute Gasteiger partial charge is 0.497 e. The number of ether oxygens (including phenoxy) is 2. The van der Waals surface area contributed by atoms with Crippen molar-refractivity contribution in [3.05, 3.63) is 65.1 Å². The number of nitrogens with zero attached hydrogens (tertiary/aromatic N) is 1. The first-order valence-electron chi connectivity index (χ1n) is 10.7. The molecule has 0 saturated heterocycles. The summed E-state index contributed by atoms with van der Waals surface area (Å²) in [6.45, 7) is 4.35. The number of carbonyl (C=O) groups is 1. The number of amides is 2. The molecule has 0 bridgehead atoms. The van der Waals surface area contributed by atoms with Crippen LogP contribution in [0, 0.1) is 5.82 Å². The number of methoxy groups -OCH3 is 1. The molecule has 2 N–H and O–H groups in total. The normalized spacial score (nSPS) is 15.7. The Labute approximate surface area is 181 Å². The summed E-state index contributed by atoms with van der Waals surface area (Å²) in [5.74, 6) is 0.496. The van der Waals surface area contributed by atoms with Crippen molar-refractivity contribution >= 4 is 16.9 Å². The lowest BCUT2D eigenvalue weighted by Crippen LogP contribution is -2.46. The van der Waals surface area contributed by atoms with Gasteiger partial charge in [-0.05, 0) is 61.2 Å². The zero-order valence-corrected chi connectivity index (χ0v) is 17.9. The Bertz CT molecular complexity index is 1050. The Kier molecular flexibility index (Phi) is 6.42. The summed E-state index contributed by atoms with van der Waals surface area (Å²) < 4.78 is 24.3. The van der Waals surface area contributed by atoms with Gasteiger partial charge in [-0.1, -0.05) is 12.1 Å². The van der Waals surface area contributed by atoms with Crippen molar-refractivity contribution in [2.45, 2.75) is 25.8 Å². The van der Waals surface area contributed by atoms with Gasteiger partial charge in [-0.2, -0.15) is 0 Å². The number of halogens is 1. The molecule has 2 heterocycles. The minimum atomic E-state index is -0.324. The molecule has 0 radical (unpaired) electrons. The van der Waals surface area contributed by atoms with Gasteiger partial charge in [-0.25, -0.2) is 9.18 Å². The molecule has 1 unspecified atom stereocenters. The second-order valence-corrected chi connectivity index (χ2v) is 7.61. The number of aromatic amines is 1. The van der Waals surface area contributed by atoms with E-state index in [-0.39, 0.29) is 17.9 Å². The standard InChI is InChI=1S/C24H28FN3O3/c1-3-31-14-4-12-26-24(29)28-13-11-19-20-15-18(30-2)9-10-21(20)27-22(19)23(28)16-5-7-17(25)8-6-16/h5-10,15,23,27H,3-4,11-14H2,1-2H3,(H,26,29). The van der Waals surface area contributed by atoms with Crippen molar-refractivity contribution in [2.75, 3.05) is 33.4 Å². The minimum absolute atomic E-state index is 0.132. The minimum Gasteiger partial charge on any atom is -0.497 e. The van der Waals surface area contributed by atoms with Crippen LogP contribution in [-0.4, -0.2) is 49.3 Å². The van der Waals surface area contributed by atoms with E-state index in [1.54, 1.807) is 19.2 Å². The van der Waals surface area contributed by atoms with Crippen LogP contribution in [0.3, 0.4) is 0 Å². The van der Waals surface area contributed by atoms with Crippen LogP contribution >= 0.6 is 0 Å². The second-order valence-electron chi connectivity index (χ2n) is 7.61. The van der Waals surface area contributed by atoms with E-state index in [9.17, 15) is 9.18 Å². The third-order valence-electron chi connectivity index (χ3n) is 5.73. The third-order valence-corrected chi connectivity index (χ3v) is 5.73. The van der Waals surface area contributed by atoms with Gasteiger partial charge in [-0.3, -0.25) is 0 Å². The average molecular weight is 426 g/mol. The summed E-state index contributed by atoms with van der Waals surface area (Å²) in [5.41, 5.74) is 4.00. The quantitative estimate of drug-likeness (QED) is 0.552. The molecule has 2 amide bonds. The molecular weight excluding hydrogens is 397 g/mol. The van der Waals surface area contributed by atoms with Crippen LogP contribution in [0.1, 0.15) is 36.2 Å². The molecule has 6 nitrogen and oxygen atoms in total. The molecule has 0 spiro atoms. The highest BCUT2D eigenvalue weighted by Crippen LogP contribution is 2.39. The smallest absolute Gasteiger partial charge is 0.318 e. The molecule has 164 valence electrons. The van der Waals surface area contributed by atoms with E-state index < -0.39 is 0 Å². The van der Waals surface area contributed by atoms with Crippen LogP contribution in [0.25, 0.3) is 10.9 Å². The van der Waals surface area contributed by atoms with Crippen molar-refractivity contribution in [1.82, 2.24) is 15.2 Å². The SMILES string of the molecule is CCOCCCNC(=O)N1CCc2c([nH]c3ccc(OC)cc23)C1c1ccc(F)cc1. The molecule has 7 heteroatoms. The van der Waals surface area contributed by atoms with E-state index in [4.69, 9.17) is 9.47 Å².